The Labute approximate surface area is 101 Å². The number of thiocarbonyl (C=S) groups is 1. The zero-order valence-corrected chi connectivity index (χ0v) is 10.3. The van der Waals surface area contributed by atoms with Crippen molar-refractivity contribution >= 4 is 23.0 Å². The first-order chi connectivity index (χ1) is 7.65. The Hall–Kier alpha value is -1.60. The molecule has 0 bridgehead atoms. The summed E-state index contributed by atoms with van der Waals surface area (Å²) in [6, 6.07) is 8.10. The normalized spacial score (nSPS) is 9.31. The van der Waals surface area contributed by atoms with Crippen LogP contribution in [0.25, 0.3) is 0 Å². The minimum absolute atomic E-state index is 0.453. The average Bonchev–Trinajstić information content (AvgIpc) is 2.25. The maximum atomic E-state index is 8.40. The first-order valence-corrected chi connectivity index (χ1v) is 5.54. The number of benzene rings is 1. The molecule has 0 saturated carbocycles. The van der Waals surface area contributed by atoms with Gasteiger partial charge in [-0.1, -0.05) is 12.1 Å². The molecule has 3 nitrogen and oxygen atoms in total. The van der Waals surface area contributed by atoms with Crippen molar-refractivity contribution < 1.29 is 0 Å². The summed E-state index contributed by atoms with van der Waals surface area (Å²) >= 11 is 5.12. The molecule has 0 spiro atoms. The van der Waals surface area contributed by atoms with Gasteiger partial charge in [-0.3, -0.25) is 0 Å². The zero-order chi connectivity index (χ0) is 12.0. The number of anilines is 1. The predicted molar refractivity (Wildman–Crippen MR) is 70.4 cm³/mol. The fourth-order valence-electron chi connectivity index (χ4n) is 1.28. The minimum atomic E-state index is 0.453. The number of nitriles is 1. The van der Waals surface area contributed by atoms with E-state index in [4.69, 9.17) is 17.5 Å². The Bertz CT molecular complexity index is 421. The first-order valence-electron chi connectivity index (χ1n) is 5.13. The molecule has 0 atom stereocenters. The van der Waals surface area contributed by atoms with E-state index in [1.807, 2.05) is 12.1 Å². The van der Waals surface area contributed by atoms with Gasteiger partial charge in [-0.2, -0.15) is 5.26 Å². The molecule has 1 aromatic carbocycles. The summed E-state index contributed by atoms with van der Waals surface area (Å²) in [5.74, 6) is 0. The summed E-state index contributed by atoms with van der Waals surface area (Å²) in [6.07, 6.45) is 0.453. The summed E-state index contributed by atoms with van der Waals surface area (Å²) in [6.45, 7) is 4.69. The lowest BCUT2D eigenvalue weighted by atomic mass is 10.1. The van der Waals surface area contributed by atoms with Crippen LogP contribution in [0.3, 0.4) is 0 Å². The molecule has 1 aromatic rings. The second-order valence-corrected chi connectivity index (χ2v) is 3.94. The lowest BCUT2D eigenvalue weighted by Gasteiger charge is -2.12. The standard InChI is InChI=1S/C12H15N3S/c1-9-5-3-6-11(10(9)2)15-12(16)14-8-4-7-13/h3,5-6H,4,8H2,1-2H3,(H2,14,15,16). The molecule has 0 aliphatic carbocycles. The third-order valence-corrected chi connectivity index (χ3v) is 2.62. The second kappa shape index (κ2) is 6.09. The number of aryl methyl sites for hydroxylation is 1. The van der Waals surface area contributed by atoms with Crippen LogP contribution in [0.1, 0.15) is 17.5 Å². The third kappa shape index (κ3) is 3.52. The number of hydrogen-bond donors (Lipinski definition) is 2. The van der Waals surface area contributed by atoms with Crippen molar-refractivity contribution in [2.24, 2.45) is 0 Å². The summed E-state index contributed by atoms with van der Waals surface area (Å²) in [4.78, 5) is 0. The molecule has 0 amide bonds. The number of rotatable bonds is 3. The average molecular weight is 233 g/mol. The van der Waals surface area contributed by atoms with E-state index in [-0.39, 0.29) is 0 Å². The van der Waals surface area contributed by atoms with Gasteiger partial charge in [-0.05, 0) is 43.3 Å². The van der Waals surface area contributed by atoms with Gasteiger partial charge in [-0.25, -0.2) is 0 Å². The summed E-state index contributed by atoms with van der Waals surface area (Å²) < 4.78 is 0. The molecule has 0 fully saturated rings. The van der Waals surface area contributed by atoms with Crippen molar-refractivity contribution in [3.63, 3.8) is 0 Å². The van der Waals surface area contributed by atoms with Crippen LogP contribution in [0.4, 0.5) is 5.69 Å². The lowest BCUT2D eigenvalue weighted by Crippen LogP contribution is -2.29. The Kier molecular flexibility index (Phi) is 4.74. The van der Waals surface area contributed by atoms with Gasteiger partial charge in [-0.15, -0.1) is 0 Å². The predicted octanol–water partition coefficient (Wildman–Crippen LogP) is 2.50. The SMILES string of the molecule is Cc1cccc(NC(=S)NCCC#N)c1C. The van der Waals surface area contributed by atoms with Gasteiger partial charge in [0.2, 0.25) is 0 Å². The van der Waals surface area contributed by atoms with Crippen molar-refractivity contribution in [2.45, 2.75) is 20.3 Å². The largest absolute Gasteiger partial charge is 0.361 e. The lowest BCUT2D eigenvalue weighted by molar-refractivity contribution is 0.905. The van der Waals surface area contributed by atoms with Crippen molar-refractivity contribution in [1.82, 2.24) is 5.32 Å². The molecule has 0 heterocycles. The number of nitrogens with one attached hydrogen (secondary N) is 2. The van der Waals surface area contributed by atoms with Crippen molar-refractivity contribution in [3.05, 3.63) is 29.3 Å². The highest BCUT2D eigenvalue weighted by Gasteiger charge is 2.01. The molecular weight excluding hydrogens is 218 g/mol. The van der Waals surface area contributed by atoms with Crippen LogP contribution >= 0.6 is 12.2 Å². The van der Waals surface area contributed by atoms with E-state index in [2.05, 4.69) is 36.6 Å². The Balaban J connectivity index is 2.57. The second-order valence-electron chi connectivity index (χ2n) is 3.54. The highest BCUT2D eigenvalue weighted by atomic mass is 32.1. The van der Waals surface area contributed by atoms with E-state index in [0.717, 1.165) is 5.69 Å². The van der Waals surface area contributed by atoms with Crippen LogP contribution in [-0.4, -0.2) is 11.7 Å². The molecule has 84 valence electrons. The maximum absolute atomic E-state index is 8.40. The van der Waals surface area contributed by atoms with Crippen molar-refractivity contribution in [1.29, 1.82) is 5.26 Å². The minimum Gasteiger partial charge on any atom is -0.361 e. The van der Waals surface area contributed by atoms with Crippen LogP contribution in [0, 0.1) is 25.2 Å². The van der Waals surface area contributed by atoms with Crippen LogP contribution < -0.4 is 10.6 Å². The summed E-state index contributed by atoms with van der Waals surface area (Å²) in [5, 5.41) is 15.1. The van der Waals surface area contributed by atoms with E-state index in [9.17, 15) is 0 Å². The van der Waals surface area contributed by atoms with Crippen LogP contribution in [-0.2, 0) is 0 Å². The highest BCUT2D eigenvalue weighted by molar-refractivity contribution is 7.80. The monoisotopic (exact) mass is 233 g/mol. The van der Waals surface area contributed by atoms with Gasteiger partial charge >= 0.3 is 0 Å². The Morgan fingerprint density at radius 3 is 2.88 bits per heavy atom. The molecule has 0 aliphatic heterocycles. The van der Waals surface area contributed by atoms with E-state index < -0.39 is 0 Å². The van der Waals surface area contributed by atoms with E-state index >= 15 is 0 Å². The maximum Gasteiger partial charge on any atom is 0.170 e. The fraction of sp³-hybridized carbons (Fsp3) is 0.333. The number of nitrogens with zero attached hydrogens (tertiary/aromatic N) is 1. The van der Waals surface area contributed by atoms with E-state index in [1.54, 1.807) is 0 Å². The Morgan fingerprint density at radius 1 is 1.44 bits per heavy atom. The molecule has 0 aliphatic rings. The number of hydrogen-bond acceptors (Lipinski definition) is 2. The molecule has 0 radical (unpaired) electrons. The smallest absolute Gasteiger partial charge is 0.170 e. The van der Waals surface area contributed by atoms with Gasteiger partial charge < -0.3 is 10.6 Å². The molecule has 2 N–H and O–H groups in total. The first kappa shape index (κ1) is 12.5. The summed E-state index contributed by atoms with van der Waals surface area (Å²) in [5.41, 5.74) is 3.42. The van der Waals surface area contributed by atoms with Gasteiger partial charge in [0, 0.05) is 12.2 Å². The van der Waals surface area contributed by atoms with E-state index in [1.165, 1.54) is 11.1 Å². The quantitative estimate of drug-likeness (QED) is 0.622. The van der Waals surface area contributed by atoms with Crippen LogP contribution in [0.5, 0.6) is 0 Å². The third-order valence-electron chi connectivity index (χ3n) is 2.38. The zero-order valence-electron chi connectivity index (χ0n) is 9.50. The molecule has 0 aromatic heterocycles. The molecular formula is C12H15N3S. The molecule has 4 heteroatoms. The fourth-order valence-corrected chi connectivity index (χ4v) is 1.50. The van der Waals surface area contributed by atoms with Gasteiger partial charge in [0.25, 0.3) is 0 Å². The van der Waals surface area contributed by atoms with E-state index in [0.29, 0.717) is 18.1 Å². The molecule has 16 heavy (non-hydrogen) atoms. The van der Waals surface area contributed by atoms with Crippen LogP contribution in [0.2, 0.25) is 0 Å². The molecule has 0 saturated heterocycles. The highest BCUT2D eigenvalue weighted by Crippen LogP contribution is 2.17. The topological polar surface area (TPSA) is 47.8 Å². The van der Waals surface area contributed by atoms with Gasteiger partial charge in [0.1, 0.15) is 0 Å². The molecule has 0 unspecified atom stereocenters. The Morgan fingerprint density at radius 2 is 2.19 bits per heavy atom. The summed E-state index contributed by atoms with van der Waals surface area (Å²) in [7, 11) is 0. The van der Waals surface area contributed by atoms with Gasteiger partial charge in [0.05, 0.1) is 12.5 Å². The van der Waals surface area contributed by atoms with Gasteiger partial charge in [0.15, 0.2) is 5.11 Å². The van der Waals surface area contributed by atoms with Crippen LogP contribution in [0.15, 0.2) is 18.2 Å². The van der Waals surface area contributed by atoms with Crippen molar-refractivity contribution in [2.75, 3.05) is 11.9 Å². The van der Waals surface area contributed by atoms with Crippen molar-refractivity contribution in [3.8, 4) is 6.07 Å². The molecule has 1 rings (SSSR count).